The molecular weight excluding hydrogens is 238 g/mol. The monoisotopic (exact) mass is 255 g/mol. The number of methoxy groups -OCH3 is 1. The average Bonchev–Trinajstić information content (AvgIpc) is 2.90. The summed E-state index contributed by atoms with van der Waals surface area (Å²) in [4.78, 5) is 8.78. The zero-order valence-corrected chi connectivity index (χ0v) is 11.2. The van der Waals surface area contributed by atoms with Crippen molar-refractivity contribution in [2.24, 2.45) is 0 Å². The van der Waals surface area contributed by atoms with Gasteiger partial charge in [-0.05, 0) is 18.9 Å². The number of fused-ring (bicyclic) bond motifs is 1. The fraction of sp³-hybridized carbons (Fsp3) is 0.333. The van der Waals surface area contributed by atoms with E-state index in [4.69, 9.17) is 4.74 Å². The second-order valence-corrected chi connectivity index (χ2v) is 4.67. The van der Waals surface area contributed by atoms with Crippen LogP contribution in [0.5, 0.6) is 5.75 Å². The van der Waals surface area contributed by atoms with E-state index in [0.29, 0.717) is 5.92 Å². The lowest BCUT2D eigenvalue weighted by atomic mass is 9.96. The number of rotatable bonds is 3. The Bertz CT molecular complexity index is 598. The Kier molecular flexibility index (Phi) is 3.07. The molecule has 98 valence electrons. The van der Waals surface area contributed by atoms with E-state index in [1.807, 2.05) is 19.2 Å². The topological polar surface area (TPSA) is 47.0 Å². The molecule has 1 heterocycles. The van der Waals surface area contributed by atoms with Crippen LogP contribution in [0.15, 0.2) is 30.6 Å². The number of anilines is 1. The van der Waals surface area contributed by atoms with E-state index in [2.05, 4.69) is 27.4 Å². The molecule has 1 atom stereocenters. The molecule has 1 unspecified atom stereocenters. The molecule has 19 heavy (non-hydrogen) atoms. The molecule has 0 aliphatic heterocycles. The summed E-state index contributed by atoms with van der Waals surface area (Å²) < 4.78 is 5.47. The first kappa shape index (κ1) is 12.0. The number of aromatic nitrogens is 2. The van der Waals surface area contributed by atoms with Crippen molar-refractivity contribution in [3.05, 3.63) is 47.4 Å². The van der Waals surface area contributed by atoms with E-state index in [1.165, 1.54) is 11.1 Å². The van der Waals surface area contributed by atoms with Crippen molar-refractivity contribution in [3.8, 4) is 5.75 Å². The van der Waals surface area contributed by atoms with Gasteiger partial charge in [-0.2, -0.15) is 0 Å². The number of hydrogen-bond acceptors (Lipinski definition) is 4. The second-order valence-electron chi connectivity index (χ2n) is 4.67. The highest BCUT2D eigenvalue weighted by atomic mass is 16.5. The normalized spacial score (nSPS) is 17.1. The van der Waals surface area contributed by atoms with E-state index < -0.39 is 0 Å². The summed E-state index contributed by atoms with van der Waals surface area (Å²) in [5.74, 6) is 2.19. The first-order valence-electron chi connectivity index (χ1n) is 6.49. The number of nitrogens with one attached hydrogen (secondary N) is 1. The molecule has 3 rings (SSSR count). The number of ether oxygens (including phenoxy) is 1. The molecule has 0 radical (unpaired) electrons. The maximum Gasteiger partial charge on any atom is 0.132 e. The van der Waals surface area contributed by atoms with Gasteiger partial charge in [-0.15, -0.1) is 0 Å². The van der Waals surface area contributed by atoms with Crippen molar-refractivity contribution < 1.29 is 4.74 Å². The minimum atomic E-state index is 0.307. The highest BCUT2D eigenvalue weighted by Crippen LogP contribution is 2.41. The van der Waals surface area contributed by atoms with Gasteiger partial charge in [0.2, 0.25) is 0 Å². The Morgan fingerprint density at radius 1 is 1.26 bits per heavy atom. The quantitative estimate of drug-likeness (QED) is 0.915. The third-order valence-corrected chi connectivity index (χ3v) is 3.74. The van der Waals surface area contributed by atoms with Crippen molar-refractivity contribution in [2.45, 2.75) is 18.8 Å². The predicted octanol–water partition coefficient (Wildman–Crippen LogP) is 2.61. The zero-order chi connectivity index (χ0) is 13.2. The van der Waals surface area contributed by atoms with Gasteiger partial charge in [-0.25, -0.2) is 9.97 Å². The van der Waals surface area contributed by atoms with Crippen LogP contribution in [0.4, 0.5) is 5.82 Å². The maximum atomic E-state index is 5.47. The molecule has 1 aromatic heterocycles. The van der Waals surface area contributed by atoms with Gasteiger partial charge in [0, 0.05) is 24.1 Å². The Hall–Kier alpha value is -2.10. The second kappa shape index (κ2) is 4.88. The van der Waals surface area contributed by atoms with Crippen LogP contribution in [-0.4, -0.2) is 24.1 Å². The lowest BCUT2D eigenvalue weighted by Gasteiger charge is -2.15. The first-order valence-corrected chi connectivity index (χ1v) is 6.49. The molecule has 0 saturated carbocycles. The van der Waals surface area contributed by atoms with Crippen LogP contribution in [0.25, 0.3) is 0 Å². The van der Waals surface area contributed by atoms with Gasteiger partial charge < -0.3 is 10.1 Å². The number of para-hydroxylation sites is 1. The molecule has 0 spiro atoms. The molecule has 4 heteroatoms. The summed E-state index contributed by atoms with van der Waals surface area (Å²) in [5, 5.41) is 3.15. The van der Waals surface area contributed by atoms with Gasteiger partial charge in [0.1, 0.15) is 17.9 Å². The highest BCUT2D eigenvalue weighted by molar-refractivity contribution is 5.53. The molecule has 0 bridgehead atoms. The van der Waals surface area contributed by atoms with Crippen LogP contribution in [0.2, 0.25) is 0 Å². The van der Waals surface area contributed by atoms with Gasteiger partial charge >= 0.3 is 0 Å². The highest BCUT2D eigenvalue weighted by Gasteiger charge is 2.29. The van der Waals surface area contributed by atoms with Crippen molar-refractivity contribution in [3.63, 3.8) is 0 Å². The summed E-state index contributed by atoms with van der Waals surface area (Å²) in [6.07, 6.45) is 3.70. The molecule has 4 nitrogen and oxygen atoms in total. The Balaban J connectivity index is 2.07. The van der Waals surface area contributed by atoms with Crippen LogP contribution in [0.3, 0.4) is 0 Å². The summed E-state index contributed by atoms with van der Waals surface area (Å²) in [5.41, 5.74) is 3.58. The van der Waals surface area contributed by atoms with E-state index in [0.717, 1.165) is 30.1 Å². The molecule has 1 aliphatic carbocycles. The SMILES string of the molecule is CNc1ncnc2c1CCC2c1ccccc1OC. The average molecular weight is 255 g/mol. The lowest BCUT2D eigenvalue weighted by molar-refractivity contribution is 0.407. The standard InChI is InChI=1S/C15H17N3O/c1-16-15-12-8-7-11(14(12)17-9-18-15)10-5-3-4-6-13(10)19-2/h3-6,9,11H,7-8H2,1-2H3,(H,16,17,18). The molecule has 0 saturated heterocycles. The third-order valence-electron chi connectivity index (χ3n) is 3.74. The minimum Gasteiger partial charge on any atom is -0.496 e. The van der Waals surface area contributed by atoms with Gasteiger partial charge in [0.05, 0.1) is 12.8 Å². The smallest absolute Gasteiger partial charge is 0.132 e. The van der Waals surface area contributed by atoms with Crippen molar-refractivity contribution in [1.29, 1.82) is 0 Å². The number of nitrogens with zero attached hydrogens (tertiary/aromatic N) is 2. The molecule has 0 amide bonds. The Morgan fingerprint density at radius 3 is 2.89 bits per heavy atom. The van der Waals surface area contributed by atoms with E-state index >= 15 is 0 Å². The van der Waals surface area contributed by atoms with Crippen molar-refractivity contribution in [1.82, 2.24) is 9.97 Å². The maximum absolute atomic E-state index is 5.47. The number of hydrogen-bond donors (Lipinski definition) is 1. The van der Waals surface area contributed by atoms with Gasteiger partial charge in [-0.1, -0.05) is 18.2 Å². The molecule has 1 aliphatic rings. The van der Waals surface area contributed by atoms with Crippen molar-refractivity contribution in [2.75, 3.05) is 19.5 Å². The summed E-state index contributed by atoms with van der Waals surface area (Å²) in [6.45, 7) is 0. The fourth-order valence-corrected chi connectivity index (χ4v) is 2.87. The van der Waals surface area contributed by atoms with Crippen LogP contribution >= 0.6 is 0 Å². The van der Waals surface area contributed by atoms with Gasteiger partial charge in [0.15, 0.2) is 0 Å². The van der Waals surface area contributed by atoms with Gasteiger partial charge in [0.25, 0.3) is 0 Å². The largest absolute Gasteiger partial charge is 0.496 e. The lowest BCUT2D eigenvalue weighted by Crippen LogP contribution is -2.04. The third kappa shape index (κ3) is 1.93. The van der Waals surface area contributed by atoms with Crippen LogP contribution in [0, 0.1) is 0 Å². The Labute approximate surface area is 112 Å². The van der Waals surface area contributed by atoms with Crippen LogP contribution < -0.4 is 10.1 Å². The molecular formula is C15H17N3O. The zero-order valence-electron chi connectivity index (χ0n) is 11.2. The fourth-order valence-electron chi connectivity index (χ4n) is 2.87. The number of benzene rings is 1. The first-order chi connectivity index (χ1) is 9.35. The molecule has 2 aromatic rings. The summed E-state index contributed by atoms with van der Waals surface area (Å²) in [7, 11) is 3.62. The van der Waals surface area contributed by atoms with Crippen LogP contribution in [0.1, 0.15) is 29.2 Å². The summed E-state index contributed by atoms with van der Waals surface area (Å²) in [6, 6.07) is 8.18. The Morgan fingerprint density at radius 2 is 2.11 bits per heavy atom. The minimum absolute atomic E-state index is 0.307. The van der Waals surface area contributed by atoms with Crippen molar-refractivity contribution >= 4 is 5.82 Å². The van der Waals surface area contributed by atoms with E-state index in [-0.39, 0.29) is 0 Å². The van der Waals surface area contributed by atoms with Crippen LogP contribution in [-0.2, 0) is 6.42 Å². The predicted molar refractivity (Wildman–Crippen MR) is 74.7 cm³/mol. The van der Waals surface area contributed by atoms with E-state index in [1.54, 1.807) is 13.4 Å². The van der Waals surface area contributed by atoms with E-state index in [9.17, 15) is 0 Å². The summed E-state index contributed by atoms with van der Waals surface area (Å²) >= 11 is 0. The van der Waals surface area contributed by atoms with Gasteiger partial charge in [-0.3, -0.25) is 0 Å². The molecule has 0 fully saturated rings. The molecule has 1 N–H and O–H groups in total. The molecule has 1 aromatic carbocycles.